The molecular formula is C4H12NO4Re. The predicted octanol–water partition coefficient (Wildman–Crippen LogP) is -1.23. The zero-order chi connectivity index (χ0) is 9.00. The van der Waals surface area contributed by atoms with Crippen molar-refractivity contribution < 1.29 is 34.5 Å². The van der Waals surface area contributed by atoms with Gasteiger partial charge in [0.1, 0.15) is 0 Å². The molecule has 0 aromatic heterocycles. The zero-order valence-corrected chi connectivity index (χ0v) is 9.17. The van der Waals surface area contributed by atoms with Crippen LogP contribution in [0.4, 0.5) is 0 Å². The Balaban J connectivity index is 0. The van der Waals surface area contributed by atoms with Gasteiger partial charge in [0.25, 0.3) is 0 Å². The third-order valence-corrected chi connectivity index (χ3v) is 0. The summed E-state index contributed by atoms with van der Waals surface area (Å²) in [5, 5.41) is 0. The van der Waals surface area contributed by atoms with E-state index in [0.717, 1.165) is 4.48 Å². The van der Waals surface area contributed by atoms with Crippen LogP contribution in [0, 0.1) is 0 Å². The van der Waals surface area contributed by atoms with Crippen LogP contribution in [0.15, 0.2) is 0 Å². The molecule has 0 radical (unpaired) electrons. The van der Waals surface area contributed by atoms with Gasteiger partial charge in [-0.25, -0.2) is 0 Å². The zero-order valence-electron chi connectivity index (χ0n) is 6.46. The Kier molecular flexibility index (Phi) is 5.04. The summed E-state index contributed by atoms with van der Waals surface area (Å²) in [5.74, 6) is 0. The minimum absolute atomic E-state index is 1.00. The minimum atomic E-state index is -6.11. The van der Waals surface area contributed by atoms with Gasteiger partial charge in [0.15, 0.2) is 0 Å². The molecule has 0 aromatic rings. The summed E-state index contributed by atoms with van der Waals surface area (Å²) in [5.41, 5.74) is 0. The van der Waals surface area contributed by atoms with Gasteiger partial charge in [0, 0.05) is 0 Å². The molecule has 5 nitrogen and oxygen atoms in total. The molecule has 0 saturated heterocycles. The van der Waals surface area contributed by atoms with Gasteiger partial charge >= 0.3 is 30.0 Å². The summed E-state index contributed by atoms with van der Waals surface area (Å²) in [6.45, 7) is 0. The standard InChI is InChI=1S/C4H12N.4O.Re/c1-5(2,3)4;;;;;/h1-4H3;;;;;/q+1;;;;-1;. The van der Waals surface area contributed by atoms with E-state index in [2.05, 4.69) is 28.2 Å². The fourth-order valence-electron chi connectivity index (χ4n) is 0. The van der Waals surface area contributed by atoms with Crippen molar-refractivity contribution in [3.63, 3.8) is 0 Å². The van der Waals surface area contributed by atoms with E-state index in [1.54, 1.807) is 0 Å². The van der Waals surface area contributed by atoms with Gasteiger partial charge in [0.2, 0.25) is 0 Å². The van der Waals surface area contributed by atoms with Crippen molar-refractivity contribution in [3.8, 4) is 0 Å². The van der Waals surface area contributed by atoms with Crippen LogP contribution < -0.4 is 3.83 Å². The fraction of sp³-hybridized carbons (Fsp3) is 1.00. The van der Waals surface area contributed by atoms with Crippen LogP contribution in [0.1, 0.15) is 0 Å². The Hall–Kier alpha value is -0.0177. The van der Waals surface area contributed by atoms with E-state index < -0.39 is 15.8 Å². The Bertz CT molecular complexity index is 195. The van der Waals surface area contributed by atoms with Gasteiger partial charge in [-0.15, -0.1) is 0 Å². The molecule has 0 bridgehead atoms. The van der Waals surface area contributed by atoms with Gasteiger partial charge in [0.05, 0.1) is 28.2 Å². The molecule has 0 N–H and O–H groups in total. The summed E-state index contributed by atoms with van der Waals surface area (Å²) in [6, 6.07) is 0. The molecule has 0 aromatic carbocycles. The fourth-order valence-corrected chi connectivity index (χ4v) is 0. The monoisotopic (exact) mass is 325 g/mol. The Morgan fingerprint density at radius 3 is 1.00 bits per heavy atom. The van der Waals surface area contributed by atoms with Crippen molar-refractivity contribution in [2.24, 2.45) is 0 Å². The van der Waals surface area contributed by atoms with Crippen molar-refractivity contribution in [2.45, 2.75) is 0 Å². The first kappa shape index (κ1) is 12.6. The second kappa shape index (κ2) is 3.99. The molecule has 64 valence electrons. The second-order valence-corrected chi connectivity index (χ2v) is 5.78. The summed E-state index contributed by atoms with van der Waals surface area (Å²) >= 11 is -6.11. The summed E-state index contributed by atoms with van der Waals surface area (Å²) in [6.07, 6.45) is 0. The SMILES string of the molecule is C[N+](C)(C)C.[O]=[Re](=[O])(=[O])[O-]. The number of rotatable bonds is 0. The maximum absolute atomic E-state index is 8.64. The van der Waals surface area contributed by atoms with Crippen LogP contribution in [0.5, 0.6) is 0 Å². The molecule has 0 aliphatic rings. The molecular weight excluding hydrogens is 312 g/mol. The molecule has 0 rings (SSSR count). The van der Waals surface area contributed by atoms with Crippen molar-refractivity contribution in [1.82, 2.24) is 0 Å². The van der Waals surface area contributed by atoms with Crippen molar-refractivity contribution in [3.05, 3.63) is 0 Å². The van der Waals surface area contributed by atoms with Crippen molar-refractivity contribution in [2.75, 3.05) is 28.2 Å². The van der Waals surface area contributed by atoms with Gasteiger partial charge in [-0.1, -0.05) is 0 Å². The summed E-state index contributed by atoms with van der Waals surface area (Å²) < 4.78 is 35.6. The van der Waals surface area contributed by atoms with Crippen LogP contribution in [0.25, 0.3) is 0 Å². The van der Waals surface area contributed by atoms with Gasteiger partial charge in [-0.3, -0.25) is 0 Å². The number of hydrogen-bond acceptors (Lipinski definition) is 4. The molecule has 0 amide bonds. The molecule has 10 heavy (non-hydrogen) atoms. The number of hydrogen-bond donors (Lipinski definition) is 0. The van der Waals surface area contributed by atoms with Crippen LogP contribution in [0.2, 0.25) is 0 Å². The average Bonchev–Trinajstić information content (AvgIpc) is 1.12. The maximum atomic E-state index is 8.64. The second-order valence-electron chi connectivity index (χ2n) is 3.06. The van der Waals surface area contributed by atoms with E-state index in [-0.39, 0.29) is 0 Å². The molecule has 0 heterocycles. The van der Waals surface area contributed by atoms with Gasteiger partial charge in [-0.05, 0) is 0 Å². The predicted molar refractivity (Wildman–Crippen MR) is 26.0 cm³/mol. The summed E-state index contributed by atoms with van der Waals surface area (Å²) in [7, 11) is 8.50. The Morgan fingerprint density at radius 2 is 1.00 bits per heavy atom. The molecule has 0 aliphatic heterocycles. The first-order chi connectivity index (χ1) is 4.00. The average molecular weight is 324 g/mol. The molecule has 0 spiro atoms. The van der Waals surface area contributed by atoms with Gasteiger partial charge < -0.3 is 4.48 Å². The molecule has 0 saturated carbocycles. The van der Waals surface area contributed by atoms with E-state index in [1.165, 1.54) is 0 Å². The van der Waals surface area contributed by atoms with E-state index in [4.69, 9.17) is 14.2 Å². The first-order valence-electron chi connectivity index (χ1n) is 2.41. The molecule has 6 heteroatoms. The van der Waals surface area contributed by atoms with E-state index in [1.807, 2.05) is 0 Å². The van der Waals surface area contributed by atoms with E-state index in [0.29, 0.717) is 0 Å². The third-order valence-electron chi connectivity index (χ3n) is 0. The quantitative estimate of drug-likeness (QED) is 0.523. The number of nitrogens with zero attached hydrogens (tertiary/aromatic N) is 1. The van der Waals surface area contributed by atoms with Crippen LogP contribution in [-0.4, -0.2) is 32.7 Å². The topological polar surface area (TPSA) is 74.3 Å². The number of quaternary nitrogens is 1. The molecule has 0 unspecified atom stereocenters. The van der Waals surface area contributed by atoms with Gasteiger partial charge in [-0.2, -0.15) is 0 Å². The Labute approximate surface area is 63.2 Å². The van der Waals surface area contributed by atoms with E-state index in [9.17, 15) is 0 Å². The van der Waals surface area contributed by atoms with E-state index >= 15 is 0 Å². The first-order valence-corrected chi connectivity index (χ1v) is 6.84. The van der Waals surface area contributed by atoms with Crippen LogP contribution in [0.3, 0.4) is 0 Å². The van der Waals surface area contributed by atoms with Crippen molar-refractivity contribution >= 4 is 0 Å². The van der Waals surface area contributed by atoms with Crippen LogP contribution in [-0.2, 0) is 26.2 Å². The molecule has 0 atom stereocenters. The Morgan fingerprint density at radius 1 is 1.00 bits per heavy atom. The van der Waals surface area contributed by atoms with Crippen molar-refractivity contribution in [1.29, 1.82) is 0 Å². The summed E-state index contributed by atoms with van der Waals surface area (Å²) in [4.78, 5) is 0. The normalized spacial score (nSPS) is 11.7. The third kappa shape index (κ3) is 1250000. The van der Waals surface area contributed by atoms with Crippen LogP contribution >= 0.6 is 0 Å². The molecule has 0 fully saturated rings. The molecule has 0 aliphatic carbocycles.